The highest BCUT2D eigenvalue weighted by Gasteiger charge is 2.29. The minimum atomic E-state index is -1.000. The SMILES string of the molecule is CC(C(=O)O)N1CC(=O)Nc2cc(C#N)ccc21. The van der Waals surface area contributed by atoms with Crippen LogP contribution in [0.15, 0.2) is 18.2 Å². The molecule has 1 unspecified atom stereocenters. The Morgan fingerprint density at radius 1 is 1.61 bits per heavy atom. The fourth-order valence-electron chi connectivity index (χ4n) is 1.86. The van der Waals surface area contributed by atoms with Crippen molar-refractivity contribution in [3.63, 3.8) is 0 Å². The Hall–Kier alpha value is -2.55. The largest absolute Gasteiger partial charge is 0.480 e. The number of fused-ring (bicyclic) bond motifs is 1. The number of carbonyl (C=O) groups excluding carboxylic acids is 1. The summed E-state index contributed by atoms with van der Waals surface area (Å²) in [5.74, 6) is -1.29. The molecule has 0 radical (unpaired) electrons. The second kappa shape index (κ2) is 4.37. The van der Waals surface area contributed by atoms with Crippen molar-refractivity contribution < 1.29 is 14.7 Å². The van der Waals surface area contributed by atoms with Gasteiger partial charge in [-0.15, -0.1) is 0 Å². The van der Waals surface area contributed by atoms with Crippen molar-refractivity contribution in [3.05, 3.63) is 23.8 Å². The van der Waals surface area contributed by atoms with E-state index in [1.54, 1.807) is 12.1 Å². The van der Waals surface area contributed by atoms with Gasteiger partial charge in [0.15, 0.2) is 0 Å². The van der Waals surface area contributed by atoms with Gasteiger partial charge in [-0.05, 0) is 25.1 Å². The van der Waals surface area contributed by atoms with Gasteiger partial charge in [0, 0.05) is 0 Å². The number of carboxylic acids is 1. The lowest BCUT2D eigenvalue weighted by Gasteiger charge is -2.33. The van der Waals surface area contributed by atoms with Crippen LogP contribution in [-0.2, 0) is 9.59 Å². The second-order valence-electron chi connectivity index (χ2n) is 4.03. The quantitative estimate of drug-likeness (QED) is 0.803. The third-order valence-electron chi connectivity index (χ3n) is 2.85. The van der Waals surface area contributed by atoms with Crippen LogP contribution < -0.4 is 10.2 Å². The number of nitrogens with one attached hydrogen (secondary N) is 1. The van der Waals surface area contributed by atoms with Crippen molar-refractivity contribution in [3.8, 4) is 6.07 Å². The first-order valence-electron chi connectivity index (χ1n) is 5.36. The molecule has 1 amide bonds. The maximum atomic E-state index is 11.5. The third-order valence-corrected chi connectivity index (χ3v) is 2.85. The molecule has 6 nitrogen and oxygen atoms in total. The van der Waals surface area contributed by atoms with E-state index in [0.717, 1.165) is 0 Å². The number of anilines is 2. The van der Waals surface area contributed by atoms with E-state index in [4.69, 9.17) is 10.4 Å². The number of amides is 1. The van der Waals surface area contributed by atoms with Crippen LogP contribution in [0.4, 0.5) is 11.4 Å². The number of rotatable bonds is 2. The summed E-state index contributed by atoms with van der Waals surface area (Å²) in [6, 6.07) is 5.95. The van der Waals surface area contributed by atoms with Gasteiger partial charge in [0.25, 0.3) is 0 Å². The standard InChI is InChI=1S/C12H11N3O3/c1-7(12(17)18)15-6-11(16)14-9-4-8(5-13)2-3-10(9)15/h2-4,7H,6H2,1H3,(H,14,16)(H,17,18). The van der Waals surface area contributed by atoms with Crippen LogP contribution in [0.5, 0.6) is 0 Å². The summed E-state index contributed by atoms with van der Waals surface area (Å²) in [6.07, 6.45) is 0. The van der Waals surface area contributed by atoms with E-state index in [-0.39, 0.29) is 12.5 Å². The van der Waals surface area contributed by atoms with Gasteiger partial charge in [0.2, 0.25) is 5.91 Å². The lowest BCUT2D eigenvalue weighted by molar-refractivity contribution is -0.138. The summed E-state index contributed by atoms with van der Waals surface area (Å²) in [6.45, 7) is 1.51. The number of hydrogen-bond donors (Lipinski definition) is 2. The monoisotopic (exact) mass is 245 g/mol. The molecule has 0 saturated heterocycles. The first-order chi connectivity index (χ1) is 8.52. The third kappa shape index (κ3) is 1.98. The lowest BCUT2D eigenvalue weighted by Crippen LogP contribution is -2.46. The van der Waals surface area contributed by atoms with E-state index in [9.17, 15) is 9.59 Å². The summed E-state index contributed by atoms with van der Waals surface area (Å²) in [5.41, 5.74) is 1.50. The molecule has 1 aliphatic rings. The van der Waals surface area contributed by atoms with E-state index in [1.165, 1.54) is 17.9 Å². The maximum absolute atomic E-state index is 11.5. The molecule has 0 aromatic heterocycles. The van der Waals surface area contributed by atoms with Crippen molar-refractivity contribution in [2.45, 2.75) is 13.0 Å². The topological polar surface area (TPSA) is 93.4 Å². The van der Waals surface area contributed by atoms with Crippen LogP contribution >= 0.6 is 0 Å². The number of nitrogens with zero attached hydrogens (tertiary/aromatic N) is 2. The highest BCUT2D eigenvalue weighted by molar-refractivity contribution is 6.02. The Kier molecular flexibility index (Phi) is 2.90. The summed E-state index contributed by atoms with van der Waals surface area (Å²) < 4.78 is 0. The van der Waals surface area contributed by atoms with Crippen LogP contribution in [0.3, 0.4) is 0 Å². The average Bonchev–Trinajstić information content (AvgIpc) is 2.35. The summed E-state index contributed by atoms with van der Waals surface area (Å²) in [4.78, 5) is 24.0. The molecular weight excluding hydrogens is 234 g/mol. The zero-order valence-electron chi connectivity index (χ0n) is 9.67. The molecule has 0 aliphatic carbocycles. The number of aliphatic carboxylic acids is 1. The van der Waals surface area contributed by atoms with Gasteiger partial charge in [-0.25, -0.2) is 4.79 Å². The van der Waals surface area contributed by atoms with Crippen LogP contribution in [0, 0.1) is 11.3 Å². The van der Waals surface area contributed by atoms with Crippen molar-refractivity contribution >= 4 is 23.3 Å². The number of nitriles is 1. The normalized spacial score (nSPS) is 15.3. The second-order valence-corrected chi connectivity index (χ2v) is 4.03. The van der Waals surface area contributed by atoms with Gasteiger partial charge in [-0.1, -0.05) is 0 Å². The fourth-order valence-corrected chi connectivity index (χ4v) is 1.86. The number of carbonyl (C=O) groups is 2. The minimum absolute atomic E-state index is 0.00757. The van der Waals surface area contributed by atoms with Crippen molar-refractivity contribution in [1.29, 1.82) is 5.26 Å². The minimum Gasteiger partial charge on any atom is -0.480 e. The molecule has 0 spiro atoms. The van der Waals surface area contributed by atoms with Crippen LogP contribution in [0.2, 0.25) is 0 Å². The lowest BCUT2D eigenvalue weighted by atomic mass is 10.1. The Balaban J connectivity index is 2.46. The molecule has 92 valence electrons. The van der Waals surface area contributed by atoms with Gasteiger partial charge in [-0.2, -0.15) is 5.26 Å². The van der Waals surface area contributed by atoms with Crippen LogP contribution in [-0.4, -0.2) is 29.6 Å². The summed E-state index contributed by atoms with van der Waals surface area (Å²) in [7, 11) is 0. The molecular formula is C12H11N3O3. The number of benzene rings is 1. The molecule has 1 heterocycles. The predicted molar refractivity (Wildman–Crippen MR) is 64.2 cm³/mol. The summed E-state index contributed by atoms with van der Waals surface area (Å²) >= 11 is 0. The smallest absolute Gasteiger partial charge is 0.326 e. The van der Waals surface area contributed by atoms with Gasteiger partial charge in [-0.3, -0.25) is 4.79 Å². The summed E-state index contributed by atoms with van der Waals surface area (Å²) in [5, 5.41) is 20.5. The average molecular weight is 245 g/mol. The van der Waals surface area contributed by atoms with Crippen molar-refractivity contribution in [1.82, 2.24) is 0 Å². The highest BCUT2D eigenvalue weighted by atomic mass is 16.4. The Labute approximate surface area is 103 Å². The first-order valence-corrected chi connectivity index (χ1v) is 5.36. The van der Waals surface area contributed by atoms with Crippen LogP contribution in [0.25, 0.3) is 0 Å². The van der Waals surface area contributed by atoms with E-state index >= 15 is 0 Å². The van der Waals surface area contributed by atoms with Gasteiger partial charge >= 0.3 is 5.97 Å². The molecule has 6 heteroatoms. The molecule has 1 atom stereocenters. The van der Waals surface area contributed by atoms with Crippen LogP contribution in [0.1, 0.15) is 12.5 Å². The molecule has 1 aliphatic heterocycles. The number of carboxylic acid groups (broad SMARTS) is 1. The number of hydrogen-bond acceptors (Lipinski definition) is 4. The van der Waals surface area contributed by atoms with Crippen molar-refractivity contribution in [2.24, 2.45) is 0 Å². The van der Waals surface area contributed by atoms with Crippen molar-refractivity contribution in [2.75, 3.05) is 16.8 Å². The van der Waals surface area contributed by atoms with Gasteiger partial charge in [0.05, 0.1) is 29.6 Å². The zero-order valence-corrected chi connectivity index (χ0v) is 9.67. The molecule has 0 saturated carbocycles. The molecule has 0 fully saturated rings. The molecule has 1 aromatic rings. The maximum Gasteiger partial charge on any atom is 0.326 e. The Morgan fingerprint density at radius 2 is 2.33 bits per heavy atom. The molecule has 1 aromatic carbocycles. The highest BCUT2D eigenvalue weighted by Crippen LogP contribution is 2.31. The Morgan fingerprint density at radius 3 is 2.94 bits per heavy atom. The molecule has 18 heavy (non-hydrogen) atoms. The predicted octanol–water partition coefficient (Wildman–Crippen LogP) is 0.790. The van der Waals surface area contributed by atoms with Gasteiger partial charge in [0.1, 0.15) is 6.04 Å². The van der Waals surface area contributed by atoms with E-state index in [2.05, 4.69) is 5.32 Å². The fraction of sp³-hybridized carbons (Fsp3) is 0.250. The molecule has 2 rings (SSSR count). The zero-order chi connectivity index (χ0) is 13.3. The Bertz CT molecular complexity index is 562. The first kappa shape index (κ1) is 11.9. The van der Waals surface area contributed by atoms with Gasteiger partial charge < -0.3 is 15.3 Å². The molecule has 0 bridgehead atoms. The molecule has 2 N–H and O–H groups in total. The van der Waals surface area contributed by atoms with E-state index in [1.807, 2.05) is 6.07 Å². The van der Waals surface area contributed by atoms with E-state index in [0.29, 0.717) is 16.9 Å². The van der Waals surface area contributed by atoms with E-state index < -0.39 is 12.0 Å².